The van der Waals surface area contributed by atoms with Gasteiger partial charge in [-0.1, -0.05) is 6.07 Å². The molecular formula is C11H11NO3. The molecule has 2 rings (SSSR count). The van der Waals surface area contributed by atoms with E-state index < -0.39 is 5.97 Å². The van der Waals surface area contributed by atoms with Crippen LogP contribution < -0.4 is 0 Å². The molecule has 0 bridgehead atoms. The van der Waals surface area contributed by atoms with Crippen molar-refractivity contribution in [3.05, 3.63) is 29.7 Å². The van der Waals surface area contributed by atoms with E-state index in [1.54, 1.807) is 0 Å². The number of aryl methyl sites for hydroxylation is 2. The molecule has 15 heavy (non-hydrogen) atoms. The molecular weight excluding hydrogens is 194 g/mol. The number of benzene rings is 1. The average Bonchev–Trinajstić information content (AvgIpc) is 2.56. The molecule has 0 aliphatic carbocycles. The molecule has 2 aromatic rings. The highest BCUT2D eigenvalue weighted by atomic mass is 16.4. The zero-order chi connectivity index (χ0) is 10.8. The summed E-state index contributed by atoms with van der Waals surface area (Å²) in [6, 6.07) is 5.72. The quantitative estimate of drug-likeness (QED) is 0.833. The molecule has 0 unspecified atom stereocenters. The van der Waals surface area contributed by atoms with Crippen LogP contribution in [0.4, 0.5) is 0 Å². The van der Waals surface area contributed by atoms with E-state index in [1.165, 1.54) is 0 Å². The maximum absolute atomic E-state index is 10.4. The number of aliphatic carboxylic acids is 1. The number of aromatic nitrogens is 1. The minimum absolute atomic E-state index is 0.0474. The molecule has 0 saturated carbocycles. The Morgan fingerprint density at radius 3 is 3.07 bits per heavy atom. The monoisotopic (exact) mass is 205 g/mol. The number of carbonyl (C=O) groups is 1. The van der Waals surface area contributed by atoms with Gasteiger partial charge in [0.25, 0.3) is 0 Å². The second-order valence-electron chi connectivity index (χ2n) is 3.47. The maximum Gasteiger partial charge on any atom is 0.303 e. The van der Waals surface area contributed by atoms with Crippen LogP contribution in [0.1, 0.15) is 17.9 Å². The lowest BCUT2D eigenvalue weighted by molar-refractivity contribution is -0.137. The number of nitrogens with zero attached hydrogens (tertiary/aromatic N) is 1. The fourth-order valence-corrected chi connectivity index (χ4v) is 1.40. The predicted molar refractivity (Wildman–Crippen MR) is 54.7 cm³/mol. The van der Waals surface area contributed by atoms with Gasteiger partial charge < -0.3 is 9.52 Å². The third-order valence-corrected chi connectivity index (χ3v) is 2.14. The third-order valence-electron chi connectivity index (χ3n) is 2.14. The van der Waals surface area contributed by atoms with Gasteiger partial charge in [-0.3, -0.25) is 4.79 Å². The molecule has 0 fully saturated rings. The summed E-state index contributed by atoms with van der Waals surface area (Å²) in [5, 5.41) is 8.52. The van der Waals surface area contributed by atoms with Crippen molar-refractivity contribution in [1.82, 2.24) is 4.98 Å². The van der Waals surface area contributed by atoms with Crippen molar-refractivity contribution in [1.29, 1.82) is 0 Å². The lowest BCUT2D eigenvalue weighted by Crippen LogP contribution is -1.97. The van der Waals surface area contributed by atoms with Crippen LogP contribution >= 0.6 is 0 Å². The van der Waals surface area contributed by atoms with E-state index in [0.29, 0.717) is 12.3 Å². The summed E-state index contributed by atoms with van der Waals surface area (Å²) in [5.74, 6) is -0.355. The van der Waals surface area contributed by atoms with E-state index >= 15 is 0 Å². The van der Waals surface area contributed by atoms with Gasteiger partial charge in [0.1, 0.15) is 5.52 Å². The van der Waals surface area contributed by atoms with Crippen LogP contribution in [0.2, 0.25) is 0 Å². The summed E-state index contributed by atoms with van der Waals surface area (Å²) in [6.07, 6.45) is 0.384. The van der Waals surface area contributed by atoms with Crippen LogP contribution in [0.15, 0.2) is 22.6 Å². The van der Waals surface area contributed by atoms with Crippen LogP contribution in [0, 0.1) is 6.92 Å². The lowest BCUT2D eigenvalue weighted by Gasteiger charge is -1.89. The van der Waals surface area contributed by atoms with Crippen molar-refractivity contribution in [3.8, 4) is 0 Å². The SMILES string of the molecule is Cc1ccc2nc(CCC(=O)O)oc2c1. The van der Waals surface area contributed by atoms with E-state index in [2.05, 4.69) is 4.98 Å². The number of fused-ring (bicyclic) bond motifs is 1. The van der Waals surface area contributed by atoms with Gasteiger partial charge in [0.2, 0.25) is 0 Å². The Balaban J connectivity index is 2.27. The number of carboxylic acids is 1. The zero-order valence-corrected chi connectivity index (χ0v) is 8.36. The van der Waals surface area contributed by atoms with Crippen molar-refractivity contribution >= 4 is 17.1 Å². The van der Waals surface area contributed by atoms with Gasteiger partial charge in [0, 0.05) is 6.42 Å². The van der Waals surface area contributed by atoms with Gasteiger partial charge >= 0.3 is 5.97 Å². The highest BCUT2D eigenvalue weighted by Gasteiger charge is 2.07. The molecule has 1 heterocycles. The summed E-state index contributed by atoms with van der Waals surface area (Å²) in [5.41, 5.74) is 2.60. The molecule has 4 nitrogen and oxygen atoms in total. The first-order chi connectivity index (χ1) is 7.15. The number of rotatable bonds is 3. The minimum atomic E-state index is -0.839. The summed E-state index contributed by atoms with van der Waals surface area (Å²) in [7, 11) is 0. The molecule has 1 N–H and O–H groups in total. The minimum Gasteiger partial charge on any atom is -0.481 e. The molecule has 0 aliphatic rings. The van der Waals surface area contributed by atoms with E-state index in [4.69, 9.17) is 9.52 Å². The van der Waals surface area contributed by atoms with Crippen molar-refractivity contribution in [2.24, 2.45) is 0 Å². The topological polar surface area (TPSA) is 63.3 Å². The van der Waals surface area contributed by atoms with Gasteiger partial charge in [-0.2, -0.15) is 0 Å². The van der Waals surface area contributed by atoms with Crippen molar-refractivity contribution in [2.45, 2.75) is 19.8 Å². The third kappa shape index (κ3) is 2.15. The Kier molecular flexibility index (Phi) is 2.41. The van der Waals surface area contributed by atoms with E-state index in [9.17, 15) is 4.79 Å². The smallest absolute Gasteiger partial charge is 0.303 e. The summed E-state index contributed by atoms with van der Waals surface area (Å²) >= 11 is 0. The number of hydrogen-bond acceptors (Lipinski definition) is 3. The van der Waals surface area contributed by atoms with Crippen LogP contribution in [-0.4, -0.2) is 16.1 Å². The second-order valence-corrected chi connectivity index (χ2v) is 3.47. The van der Waals surface area contributed by atoms with Crippen LogP contribution in [0.3, 0.4) is 0 Å². The highest BCUT2D eigenvalue weighted by molar-refractivity contribution is 5.73. The second kappa shape index (κ2) is 3.73. The van der Waals surface area contributed by atoms with Crippen LogP contribution in [0.25, 0.3) is 11.1 Å². The Morgan fingerprint density at radius 1 is 1.53 bits per heavy atom. The summed E-state index contributed by atoms with van der Waals surface area (Å²) in [4.78, 5) is 14.6. The number of carboxylic acid groups (broad SMARTS) is 1. The molecule has 0 aliphatic heterocycles. The first kappa shape index (κ1) is 9.71. The maximum atomic E-state index is 10.4. The molecule has 1 aromatic carbocycles. The van der Waals surface area contributed by atoms with Gasteiger partial charge in [-0.15, -0.1) is 0 Å². The Hall–Kier alpha value is -1.84. The molecule has 0 radical (unpaired) electrons. The Morgan fingerprint density at radius 2 is 2.33 bits per heavy atom. The number of hydrogen-bond donors (Lipinski definition) is 1. The molecule has 1 aromatic heterocycles. The fraction of sp³-hybridized carbons (Fsp3) is 0.273. The normalized spacial score (nSPS) is 10.7. The predicted octanol–water partition coefficient (Wildman–Crippen LogP) is 2.15. The highest BCUT2D eigenvalue weighted by Crippen LogP contribution is 2.17. The molecule has 4 heteroatoms. The Labute approximate surface area is 86.5 Å². The molecule has 78 valence electrons. The first-order valence-corrected chi connectivity index (χ1v) is 4.73. The van der Waals surface area contributed by atoms with Crippen molar-refractivity contribution < 1.29 is 14.3 Å². The zero-order valence-electron chi connectivity index (χ0n) is 8.36. The summed E-state index contributed by atoms with van der Waals surface area (Å²) < 4.78 is 5.42. The summed E-state index contributed by atoms with van der Waals surface area (Å²) in [6.45, 7) is 1.97. The molecule has 0 spiro atoms. The molecule has 0 saturated heterocycles. The number of oxazole rings is 1. The van der Waals surface area contributed by atoms with Crippen molar-refractivity contribution in [3.63, 3.8) is 0 Å². The first-order valence-electron chi connectivity index (χ1n) is 4.73. The van der Waals surface area contributed by atoms with E-state index in [-0.39, 0.29) is 6.42 Å². The molecule has 0 atom stereocenters. The van der Waals surface area contributed by atoms with Gasteiger partial charge in [-0.25, -0.2) is 4.98 Å². The van der Waals surface area contributed by atoms with Crippen LogP contribution in [0.5, 0.6) is 0 Å². The van der Waals surface area contributed by atoms with Crippen molar-refractivity contribution in [2.75, 3.05) is 0 Å². The lowest BCUT2D eigenvalue weighted by atomic mass is 10.2. The van der Waals surface area contributed by atoms with Gasteiger partial charge in [0.15, 0.2) is 11.5 Å². The fourth-order valence-electron chi connectivity index (χ4n) is 1.40. The average molecular weight is 205 g/mol. The van der Waals surface area contributed by atoms with E-state index in [0.717, 1.165) is 16.7 Å². The van der Waals surface area contributed by atoms with E-state index in [1.807, 2.05) is 25.1 Å². The largest absolute Gasteiger partial charge is 0.481 e. The Bertz CT molecular complexity index is 502. The van der Waals surface area contributed by atoms with Gasteiger partial charge in [0.05, 0.1) is 6.42 Å². The van der Waals surface area contributed by atoms with Gasteiger partial charge in [-0.05, 0) is 24.6 Å². The van der Waals surface area contributed by atoms with Crippen LogP contribution in [-0.2, 0) is 11.2 Å². The molecule has 0 amide bonds. The standard InChI is InChI=1S/C11H11NO3/c1-7-2-3-8-9(6-7)15-10(12-8)4-5-11(13)14/h2-3,6H,4-5H2,1H3,(H,13,14).